The highest BCUT2D eigenvalue weighted by atomic mass is 32.2. The van der Waals surface area contributed by atoms with E-state index in [2.05, 4.69) is 5.32 Å². The van der Waals surface area contributed by atoms with Crippen molar-refractivity contribution in [2.24, 2.45) is 5.14 Å². The predicted molar refractivity (Wildman–Crippen MR) is 117 cm³/mol. The van der Waals surface area contributed by atoms with Crippen LogP contribution in [0.15, 0.2) is 59.5 Å². The van der Waals surface area contributed by atoms with Crippen molar-refractivity contribution in [2.45, 2.75) is 31.8 Å². The number of hydrogen-bond acceptors (Lipinski definition) is 5. The van der Waals surface area contributed by atoms with Gasteiger partial charge in [0.15, 0.2) is 6.10 Å². The van der Waals surface area contributed by atoms with Crippen LogP contribution in [-0.2, 0) is 19.6 Å². The number of aryl methyl sites for hydroxylation is 1. The number of nitrogens with one attached hydrogen (secondary N) is 1. The van der Waals surface area contributed by atoms with Gasteiger partial charge in [-0.15, -0.1) is 0 Å². The van der Waals surface area contributed by atoms with E-state index >= 15 is 0 Å². The Hall–Kier alpha value is -3.50. The number of anilines is 1. The van der Waals surface area contributed by atoms with Crippen molar-refractivity contribution >= 4 is 27.6 Å². The van der Waals surface area contributed by atoms with Crippen LogP contribution in [0.25, 0.3) is 5.69 Å². The first kappa shape index (κ1) is 23.2. The number of carbonyl (C=O) groups is 2. The van der Waals surface area contributed by atoms with E-state index in [4.69, 9.17) is 9.88 Å². The van der Waals surface area contributed by atoms with Crippen LogP contribution in [0.1, 0.15) is 28.7 Å². The molecule has 0 radical (unpaired) electrons. The number of amides is 1. The SMILES string of the molecule is Cc1cc(C(=O)OC(C)C(=O)Nc2ccc(S(N)(=O)=O)cc2)c(C)n1-c1ccc(F)cc1. The van der Waals surface area contributed by atoms with Gasteiger partial charge in [0.25, 0.3) is 5.91 Å². The maximum atomic E-state index is 13.2. The van der Waals surface area contributed by atoms with Crippen molar-refractivity contribution in [3.05, 3.63) is 77.4 Å². The van der Waals surface area contributed by atoms with Crippen molar-refractivity contribution in [3.8, 4) is 5.69 Å². The van der Waals surface area contributed by atoms with E-state index in [0.717, 1.165) is 5.69 Å². The molecule has 0 spiro atoms. The number of ether oxygens (including phenoxy) is 1. The second-order valence-corrected chi connectivity index (χ2v) is 8.76. The van der Waals surface area contributed by atoms with Gasteiger partial charge >= 0.3 is 5.97 Å². The zero-order valence-corrected chi connectivity index (χ0v) is 18.4. The highest BCUT2D eigenvalue weighted by Crippen LogP contribution is 2.22. The van der Waals surface area contributed by atoms with Gasteiger partial charge < -0.3 is 14.6 Å². The third-order valence-corrected chi connectivity index (χ3v) is 5.77. The van der Waals surface area contributed by atoms with Crippen molar-refractivity contribution in [1.82, 2.24) is 4.57 Å². The number of benzene rings is 2. The molecule has 0 bridgehead atoms. The third kappa shape index (κ3) is 5.04. The monoisotopic (exact) mass is 459 g/mol. The van der Waals surface area contributed by atoms with Gasteiger partial charge in [-0.25, -0.2) is 22.7 Å². The second kappa shape index (κ2) is 8.93. The molecule has 8 nitrogen and oxygen atoms in total. The van der Waals surface area contributed by atoms with Crippen molar-refractivity contribution in [3.63, 3.8) is 0 Å². The largest absolute Gasteiger partial charge is 0.449 e. The van der Waals surface area contributed by atoms with Crippen LogP contribution in [0.5, 0.6) is 0 Å². The quantitative estimate of drug-likeness (QED) is 0.549. The average Bonchev–Trinajstić information content (AvgIpc) is 3.02. The molecular formula is C22H22FN3O5S. The molecule has 10 heteroatoms. The summed E-state index contributed by atoms with van der Waals surface area (Å²) in [5.41, 5.74) is 2.62. The summed E-state index contributed by atoms with van der Waals surface area (Å²) in [4.78, 5) is 25.0. The summed E-state index contributed by atoms with van der Waals surface area (Å²) in [6, 6.07) is 12.8. The molecule has 3 N–H and O–H groups in total. The van der Waals surface area contributed by atoms with Gasteiger partial charge in [-0.2, -0.15) is 0 Å². The highest BCUT2D eigenvalue weighted by molar-refractivity contribution is 7.89. The summed E-state index contributed by atoms with van der Waals surface area (Å²) in [6.45, 7) is 4.95. The molecule has 1 amide bonds. The fourth-order valence-electron chi connectivity index (χ4n) is 3.21. The number of hydrogen-bond donors (Lipinski definition) is 2. The molecule has 0 saturated heterocycles. The van der Waals surface area contributed by atoms with E-state index in [9.17, 15) is 22.4 Å². The Labute approximate surface area is 184 Å². The van der Waals surface area contributed by atoms with Crippen molar-refractivity contribution in [2.75, 3.05) is 5.32 Å². The van der Waals surface area contributed by atoms with Crippen LogP contribution >= 0.6 is 0 Å². The number of primary sulfonamides is 1. The number of halogens is 1. The van der Waals surface area contributed by atoms with Gasteiger partial charge in [-0.3, -0.25) is 4.79 Å². The van der Waals surface area contributed by atoms with E-state index in [0.29, 0.717) is 17.1 Å². The number of carbonyl (C=O) groups excluding carboxylic acids is 2. The third-order valence-electron chi connectivity index (χ3n) is 4.84. The minimum Gasteiger partial charge on any atom is -0.449 e. The smallest absolute Gasteiger partial charge is 0.340 e. The highest BCUT2D eigenvalue weighted by Gasteiger charge is 2.23. The number of aromatic nitrogens is 1. The van der Waals surface area contributed by atoms with Gasteiger partial charge in [-0.1, -0.05) is 0 Å². The van der Waals surface area contributed by atoms with Crippen molar-refractivity contribution in [1.29, 1.82) is 0 Å². The average molecular weight is 459 g/mol. The topological polar surface area (TPSA) is 120 Å². The molecule has 0 aliphatic rings. The molecule has 0 aliphatic carbocycles. The molecule has 1 heterocycles. The molecule has 1 atom stereocenters. The minimum absolute atomic E-state index is 0.0912. The van der Waals surface area contributed by atoms with Crippen LogP contribution < -0.4 is 10.5 Å². The maximum Gasteiger partial charge on any atom is 0.340 e. The summed E-state index contributed by atoms with van der Waals surface area (Å²) >= 11 is 0. The normalized spacial score (nSPS) is 12.3. The summed E-state index contributed by atoms with van der Waals surface area (Å²) in [6.07, 6.45) is -1.12. The Kier molecular flexibility index (Phi) is 6.47. The van der Waals surface area contributed by atoms with Crippen LogP contribution in [0.4, 0.5) is 10.1 Å². The van der Waals surface area contributed by atoms with E-state index < -0.39 is 28.0 Å². The van der Waals surface area contributed by atoms with Crippen LogP contribution in [-0.4, -0.2) is 31.0 Å². The van der Waals surface area contributed by atoms with Crippen LogP contribution in [0.2, 0.25) is 0 Å². The fraction of sp³-hybridized carbons (Fsp3) is 0.182. The van der Waals surface area contributed by atoms with Crippen LogP contribution in [0, 0.1) is 19.7 Å². The van der Waals surface area contributed by atoms with Crippen LogP contribution in [0.3, 0.4) is 0 Å². The Bertz CT molecular complexity index is 1270. The Morgan fingerprint density at radius 3 is 2.22 bits per heavy atom. The number of nitrogens with zero attached hydrogens (tertiary/aromatic N) is 1. The molecule has 1 aromatic heterocycles. The molecule has 0 saturated carbocycles. The number of rotatable bonds is 6. The lowest BCUT2D eigenvalue weighted by molar-refractivity contribution is -0.123. The van der Waals surface area contributed by atoms with E-state index in [-0.39, 0.29) is 16.3 Å². The van der Waals surface area contributed by atoms with Gasteiger partial charge in [0.1, 0.15) is 5.82 Å². The minimum atomic E-state index is -3.84. The summed E-state index contributed by atoms with van der Waals surface area (Å²) in [5, 5.41) is 7.59. The zero-order chi connectivity index (χ0) is 23.6. The molecule has 3 rings (SSSR count). The molecular weight excluding hydrogens is 437 g/mol. The van der Waals surface area contributed by atoms with E-state index in [1.165, 1.54) is 43.3 Å². The Morgan fingerprint density at radius 2 is 1.66 bits per heavy atom. The van der Waals surface area contributed by atoms with E-state index in [1.54, 1.807) is 36.6 Å². The first-order valence-corrected chi connectivity index (χ1v) is 11.1. The van der Waals surface area contributed by atoms with Gasteiger partial charge in [0.05, 0.1) is 10.5 Å². The summed E-state index contributed by atoms with van der Waals surface area (Å²) in [5.74, 6) is -1.64. The van der Waals surface area contributed by atoms with E-state index in [1.807, 2.05) is 0 Å². The molecule has 2 aromatic carbocycles. The molecule has 3 aromatic rings. The molecule has 0 fully saturated rings. The number of nitrogens with two attached hydrogens (primary N) is 1. The van der Waals surface area contributed by atoms with Gasteiger partial charge in [-0.05, 0) is 75.4 Å². The van der Waals surface area contributed by atoms with Gasteiger partial charge in [0, 0.05) is 22.8 Å². The van der Waals surface area contributed by atoms with Gasteiger partial charge in [0.2, 0.25) is 10.0 Å². The first-order chi connectivity index (χ1) is 15.0. The first-order valence-electron chi connectivity index (χ1n) is 9.57. The molecule has 168 valence electrons. The standard InChI is InChI=1S/C22H22FN3O5S/c1-13-12-20(14(2)26(13)18-8-4-16(23)5-9-18)22(28)31-15(3)21(27)25-17-6-10-19(11-7-17)32(24,29)30/h4-12,15H,1-3H3,(H,25,27)(H2,24,29,30). The zero-order valence-electron chi connectivity index (χ0n) is 17.6. The second-order valence-electron chi connectivity index (χ2n) is 7.20. The molecule has 32 heavy (non-hydrogen) atoms. The Balaban J connectivity index is 1.71. The number of esters is 1. The lowest BCUT2D eigenvalue weighted by atomic mass is 10.2. The molecule has 1 unspecified atom stereocenters. The summed E-state index contributed by atoms with van der Waals surface area (Å²) < 4.78 is 42.9. The summed E-state index contributed by atoms with van der Waals surface area (Å²) in [7, 11) is -3.84. The lowest BCUT2D eigenvalue weighted by Crippen LogP contribution is -2.30. The number of sulfonamides is 1. The van der Waals surface area contributed by atoms with Crippen molar-refractivity contribution < 1.29 is 27.1 Å². The Morgan fingerprint density at radius 1 is 1.06 bits per heavy atom. The maximum absolute atomic E-state index is 13.2. The molecule has 0 aliphatic heterocycles. The lowest BCUT2D eigenvalue weighted by Gasteiger charge is -2.14. The fourth-order valence-corrected chi connectivity index (χ4v) is 3.72. The predicted octanol–water partition coefficient (Wildman–Crippen LogP) is 3.06.